The average molecular weight is 387 g/mol. The van der Waals surface area contributed by atoms with Crippen molar-refractivity contribution in [3.8, 4) is 5.75 Å². The third-order valence-corrected chi connectivity index (χ3v) is 5.71. The quantitative estimate of drug-likeness (QED) is 0.572. The van der Waals surface area contributed by atoms with Gasteiger partial charge in [-0.15, -0.1) is 22.7 Å². The second-order valence-electron chi connectivity index (χ2n) is 6.01. The second kappa shape index (κ2) is 8.98. The molecule has 0 saturated carbocycles. The number of thiophene rings is 2. The van der Waals surface area contributed by atoms with E-state index in [1.54, 1.807) is 29.8 Å². The lowest BCUT2D eigenvalue weighted by Crippen LogP contribution is -2.38. The van der Waals surface area contributed by atoms with E-state index in [4.69, 9.17) is 4.74 Å². The van der Waals surface area contributed by atoms with Crippen LogP contribution >= 0.6 is 22.7 Å². The molecule has 26 heavy (non-hydrogen) atoms. The summed E-state index contributed by atoms with van der Waals surface area (Å²) in [5, 5.41) is 4.10. The molecule has 1 aromatic carbocycles. The summed E-state index contributed by atoms with van der Waals surface area (Å²) in [6, 6.07) is 15.9. The SMILES string of the molecule is COc1ccc(N(Cc2cccs2)C(=O)CN(C)Cc2cccs2)cc1. The Labute approximate surface area is 162 Å². The Morgan fingerprint density at radius 1 is 0.962 bits per heavy atom. The van der Waals surface area contributed by atoms with Gasteiger partial charge in [-0.3, -0.25) is 9.69 Å². The van der Waals surface area contributed by atoms with Crippen LogP contribution in [-0.4, -0.2) is 31.5 Å². The highest BCUT2D eigenvalue weighted by atomic mass is 32.1. The summed E-state index contributed by atoms with van der Waals surface area (Å²) >= 11 is 3.38. The standard InChI is InChI=1S/C20H22N2O2S2/c1-21(13-18-5-3-11-25-18)15-20(23)22(14-19-6-4-12-26-19)16-7-9-17(24-2)10-8-16/h3-12H,13-15H2,1-2H3. The van der Waals surface area contributed by atoms with E-state index in [9.17, 15) is 4.79 Å². The highest BCUT2D eigenvalue weighted by Crippen LogP contribution is 2.23. The number of methoxy groups -OCH3 is 1. The van der Waals surface area contributed by atoms with Crippen LogP contribution in [0.2, 0.25) is 0 Å². The smallest absolute Gasteiger partial charge is 0.241 e. The minimum Gasteiger partial charge on any atom is -0.497 e. The largest absolute Gasteiger partial charge is 0.497 e. The molecule has 2 aromatic heterocycles. The van der Waals surface area contributed by atoms with Gasteiger partial charge < -0.3 is 9.64 Å². The Hall–Kier alpha value is -2.15. The van der Waals surface area contributed by atoms with Gasteiger partial charge in [-0.25, -0.2) is 0 Å². The Bertz CT molecular complexity index is 799. The Kier molecular flexibility index (Phi) is 6.44. The number of hydrogen-bond acceptors (Lipinski definition) is 5. The molecular weight excluding hydrogens is 364 g/mol. The number of carbonyl (C=O) groups excluding carboxylic acids is 1. The second-order valence-corrected chi connectivity index (χ2v) is 8.07. The fourth-order valence-corrected chi connectivity index (χ4v) is 4.16. The third-order valence-electron chi connectivity index (χ3n) is 3.99. The van der Waals surface area contributed by atoms with Crippen molar-refractivity contribution in [2.24, 2.45) is 0 Å². The van der Waals surface area contributed by atoms with Crippen LogP contribution in [0.4, 0.5) is 5.69 Å². The Balaban J connectivity index is 1.73. The summed E-state index contributed by atoms with van der Waals surface area (Å²) in [6.07, 6.45) is 0. The van der Waals surface area contributed by atoms with Crippen molar-refractivity contribution >= 4 is 34.3 Å². The van der Waals surface area contributed by atoms with Gasteiger partial charge in [0, 0.05) is 22.0 Å². The molecule has 136 valence electrons. The zero-order valence-corrected chi connectivity index (χ0v) is 16.6. The number of hydrogen-bond donors (Lipinski definition) is 0. The number of benzene rings is 1. The van der Waals surface area contributed by atoms with Gasteiger partial charge in [0.2, 0.25) is 5.91 Å². The molecule has 0 saturated heterocycles. The van der Waals surface area contributed by atoms with Gasteiger partial charge in [0.25, 0.3) is 0 Å². The molecule has 0 spiro atoms. The zero-order chi connectivity index (χ0) is 18.4. The normalized spacial score (nSPS) is 10.9. The molecule has 3 aromatic rings. The van der Waals surface area contributed by atoms with Crippen molar-refractivity contribution in [3.05, 3.63) is 69.0 Å². The number of anilines is 1. The van der Waals surface area contributed by atoms with Crippen LogP contribution < -0.4 is 9.64 Å². The summed E-state index contributed by atoms with van der Waals surface area (Å²) < 4.78 is 5.23. The van der Waals surface area contributed by atoms with Gasteiger partial charge in [0.05, 0.1) is 20.2 Å². The first kappa shape index (κ1) is 18.6. The molecule has 3 rings (SSSR count). The van der Waals surface area contributed by atoms with Crippen molar-refractivity contribution < 1.29 is 9.53 Å². The third kappa shape index (κ3) is 4.94. The molecule has 0 bridgehead atoms. The van der Waals surface area contributed by atoms with Gasteiger partial charge in [0.1, 0.15) is 5.75 Å². The molecule has 0 aliphatic heterocycles. The van der Waals surface area contributed by atoms with E-state index in [2.05, 4.69) is 22.4 Å². The molecule has 0 radical (unpaired) electrons. The number of carbonyl (C=O) groups is 1. The summed E-state index contributed by atoms with van der Waals surface area (Å²) in [5.41, 5.74) is 0.883. The monoisotopic (exact) mass is 386 g/mol. The fourth-order valence-electron chi connectivity index (χ4n) is 2.68. The van der Waals surface area contributed by atoms with Gasteiger partial charge in [-0.1, -0.05) is 12.1 Å². The van der Waals surface area contributed by atoms with Crippen LogP contribution in [0.3, 0.4) is 0 Å². The van der Waals surface area contributed by atoms with Gasteiger partial charge in [0.15, 0.2) is 0 Å². The van der Waals surface area contributed by atoms with Crippen LogP contribution in [0, 0.1) is 0 Å². The number of amides is 1. The van der Waals surface area contributed by atoms with Crippen molar-refractivity contribution in [2.75, 3.05) is 25.6 Å². The van der Waals surface area contributed by atoms with E-state index >= 15 is 0 Å². The number of likely N-dealkylation sites (N-methyl/N-ethyl adjacent to an activating group) is 1. The van der Waals surface area contributed by atoms with E-state index in [0.29, 0.717) is 13.1 Å². The first-order valence-corrected chi connectivity index (χ1v) is 10.1. The predicted molar refractivity (Wildman–Crippen MR) is 109 cm³/mol. The molecule has 4 nitrogen and oxygen atoms in total. The van der Waals surface area contributed by atoms with Crippen LogP contribution in [0.1, 0.15) is 9.75 Å². The first-order valence-electron chi connectivity index (χ1n) is 8.33. The molecule has 0 N–H and O–H groups in total. The lowest BCUT2D eigenvalue weighted by Gasteiger charge is -2.25. The zero-order valence-electron chi connectivity index (χ0n) is 14.9. The number of rotatable bonds is 8. The van der Waals surface area contributed by atoms with Crippen molar-refractivity contribution in [2.45, 2.75) is 13.1 Å². The molecule has 6 heteroatoms. The minimum absolute atomic E-state index is 0.0858. The summed E-state index contributed by atoms with van der Waals surface area (Å²) in [7, 11) is 3.62. The van der Waals surface area contributed by atoms with Crippen molar-refractivity contribution in [3.63, 3.8) is 0 Å². The lowest BCUT2D eigenvalue weighted by molar-refractivity contribution is -0.119. The fraction of sp³-hybridized carbons (Fsp3) is 0.250. The number of nitrogens with zero attached hydrogens (tertiary/aromatic N) is 2. The van der Waals surface area contributed by atoms with E-state index in [0.717, 1.165) is 22.9 Å². The maximum absolute atomic E-state index is 13.0. The van der Waals surface area contributed by atoms with Crippen molar-refractivity contribution in [1.29, 1.82) is 0 Å². The molecule has 0 atom stereocenters. The van der Waals surface area contributed by atoms with E-state index in [1.807, 2.05) is 53.7 Å². The molecular formula is C20H22N2O2S2. The number of ether oxygens (including phenoxy) is 1. The van der Waals surface area contributed by atoms with Crippen LogP contribution in [0.25, 0.3) is 0 Å². The highest BCUT2D eigenvalue weighted by Gasteiger charge is 2.19. The molecule has 2 heterocycles. The molecule has 0 aliphatic carbocycles. The first-order chi connectivity index (χ1) is 12.7. The molecule has 0 unspecified atom stereocenters. The maximum Gasteiger partial charge on any atom is 0.241 e. The van der Waals surface area contributed by atoms with E-state index in [-0.39, 0.29) is 5.91 Å². The maximum atomic E-state index is 13.0. The topological polar surface area (TPSA) is 32.8 Å². The Morgan fingerprint density at radius 3 is 2.12 bits per heavy atom. The van der Waals surface area contributed by atoms with Crippen LogP contribution in [-0.2, 0) is 17.9 Å². The molecule has 0 fully saturated rings. The summed E-state index contributed by atoms with van der Waals surface area (Å²) in [6.45, 7) is 1.73. The van der Waals surface area contributed by atoms with Crippen LogP contribution in [0.5, 0.6) is 5.75 Å². The lowest BCUT2D eigenvalue weighted by atomic mass is 10.2. The van der Waals surface area contributed by atoms with Gasteiger partial charge in [-0.2, -0.15) is 0 Å². The Morgan fingerprint density at radius 2 is 1.58 bits per heavy atom. The summed E-state index contributed by atoms with van der Waals surface area (Å²) in [5.74, 6) is 0.870. The molecule has 0 aliphatic rings. The van der Waals surface area contributed by atoms with Gasteiger partial charge in [-0.05, 0) is 54.2 Å². The summed E-state index contributed by atoms with van der Waals surface area (Å²) in [4.78, 5) is 19.3. The highest BCUT2D eigenvalue weighted by molar-refractivity contribution is 7.10. The van der Waals surface area contributed by atoms with Crippen molar-refractivity contribution in [1.82, 2.24) is 4.90 Å². The van der Waals surface area contributed by atoms with Crippen LogP contribution in [0.15, 0.2) is 59.3 Å². The van der Waals surface area contributed by atoms with Gasteiger partial charge >= 0.3 is 0 Å². The van der Waals surface area contributed by atoms with E-state index < -0.39 is 0 Å². The predicted octanol–water partition coefficient (Wildman–Crippen LogP) is 4.48. The van der Waals surface area contributed by atoms with E-state index in [1.165, 1.54) is 4.88 Å². The average Bonchev–Trinajstić information content (AvgIpc) is 3.33. The molecule has 1 amide bonds. The minimum atomic E-state index is 0.0858.